The fraction of sp³-hybridized carbons (Fsp3) is 0.290. The predicted molar refractivity (Wildman–Crippen MR) is 138 cm³/mol. The molecule has 5 heteroatoms. The highest BCUT2D eigenvalue weighted by Crippen LogP contribution is 2.32. The van der Waals surface area contributed by atoms with Crippen LogP contribution in [-0.4, -0.2) is 10.7 Å². The van der Waals surface area contributed by atoms with Crippen molar-refractivity contribution in [1.82, 2.24) is 4.57 Å². The van der Waals surface area contributed by atoms with Gasteiger partial charge in [0.2, 0.25) is 0 Å². The van der Waals surface area contributed by atoms with Gasteiger partial charge >= 0.3 is 6.18 Å². The van der Waals surface area contributed by atoms with Crippen LogP contribution in [0.25, 0.3) is 0 Å². The minimum Gasteiger partial charge on any atom is -0.490 e. The Balaban J connectivity index is 1.33. The Kier molecular flexibility index (Phi) is 8.19. The number of hydrogen-bond donors (Lipinski definition) is 0. The van der Waals surface area contributed by atoms with E-state index in [0.29, 0.717) is 18.4 Å². The van der Waals surface area contributed by atoms with Crippen molar-refractivity contribution >= 4 is 0 Å². The van der Waals surface area contributed by atoms with E-state index in [-0.39, 0.29) is 6.10 Å². The van der Waals surface area contributed by atoms with Gasteiger partial charge in [0.05, 0.1) is 11.7 Å². The van der Waals surface area contributed by atoms with Crippen LogP contribution in [0.5, 0.6) is 5.75 Å². The predicted octanol–water partition coefficient (Wildman–Crippen LogP) is 7.85. The number of benzene rings is 3. The van der Waals surface area contributed by atoms with E-state index < -0.39 is 11.7 Å². The summed E-state index contributed by atoms with van der Waals surface area (Å²) in [4.78, 5) is 0. The van der Waals surface area contributed by atoms with Crippen LogP contribution in [0.2, 0.25) is 0 Å². The molecule has 0 aliphatic heterocycles. The summed E-state index contributed by atoms with van der Waals surface area (Å²) in [5.41, 5.74) is 4.41. The van der Waals surface area contributed by atoms with Gasteiger partial charge in [-0.25, -0.2) is 0 Å². The zero-order chi connectivity index (χ0) is 25.5. The first-order valence-corrected chi connectivity index (χ1v) is 12.4. The van der Waals surface area contributed by atoms with Gasteiger partial charge in [-0.2, -0.15) is 13.2 Å². The summed E-state index contributed by atoms with van der Waals surface area (Å²) in [5, 5.41) is 0. The molecular formula is C31H32F3NO. The second kappa shape index (κ2) is 11.5. The summed E-state index contributed by atoms with van der Waals surface area (Å²) in [7, 11) is 0. The molecule has 0 spiro atoms. The lowest BCUT2D eigenvalue weighted by Crippen LogP contribution is -2.15. The van der Waals surface area contributed by atoms with Gasteiger partial charge in [0.15, 0.2) is 0 Å². The van der Waals surface area contributed by atoms with Crippen molar-refractivity contribution in [3.63, 3.8) is 0 Å². The molecule has 36 heavy (non-hydrogen) atoms. The van der Waals surface area contributed by atoms with Crippen LogP contribution in [0.3, 0.4) is 0 Å². The SMILES string of the molecule is Cc1ccc(CCc2ccccc2C(F)(F)F)n1CCc1ccc(O[C@H](C)Cc2ccccc2)cc1. The quantitative estimate of drug-likeness (QED) is 0.220. The lowest BCUT2D eigenvalue weighted by atomic mass is 10.0. The second-order valence-electron chi connectivity index (χ2n) is 9.28. The van der Waals surface area contributed by atoms with Crippen LogP contribution < -0.4 is 4.74 Å². The van der Waals surface area contributed by atoms with E-state index in [1.54, 1.807) is 12.1 Å². The highest BCUT2D eigenvalue weighted by Gasteiger charge is 2.32. The lowest BCUT2D eigenvalue weighted by molar-refractivity contribution is -0.138. The molecule has 0 saturated carbocycles. The molecule has 0 aliphatic carbocycles. The van der Waals surface area contributed by atoms with Crippen molar-refractivity contribution in [1.29, 1.82) is 0 Å². The third-order valence-corrected chi connectivity index (χ3v) is 6.51. The fourth-order valence-electron chi connectivity index (χ4n) is 4.63. The standard InChI is InChI=1S/C31H32F3NO/c1-23-12-16-28(17-15-27-10-6-7-11-30(27)31(32,33)34)35(23)21-20-25-13-18-29(19-14-25)36-24(2)22-26-8-4-3-5-9-26/h3-14,16,18-19,24H,15,17,20-22H2,1-2H3/t24-/m1/s1. The average molecular weight is 492 g/mol. The van der Waals surface area contributed by atoms with E-state index in [2.05, 4.69) is 35.8 Å². The zero-order valence-electron chi connectivity index (χ0n) is 20.8. The number of aryl methyl sites for hydroxylation is 4. The number of hydrogen-bond acceptors (Lipinski definition) is 1. The maximum absolute atomic E-state index is 13.3. The molecular weight excluding hydrogens is 459 g/mol. The van der Waals surface area contributed by atoms with Crippen molar-refractivity contribution in [2.24, 2.45) is 0 Å². The third kappa shape index (κ3) is 6.81. The lowest BCUT2D eigenvalue weighted by Gasteiger charge is -2.16. The van der Waals surface area contributed by atoms with Gasteiger partial charge in [0.1, 0.15) is 5.75 Å². The van der Waals surface area contributed by atoms with Crippen molar-refractivity contribution in [3.8, 4) is 5.75 Å². The second-order valence-corrected chi connectivity index (χ2v) is 9.28. The number of rotatable bonds is 10. The minimum absolute atomic E-state index is 0.0748. The zero-order valence-corrected chi connectivity index (χ0v) is 20.8. The Morgan fingerprint density at radius 2 is 1.44 bits per heavy atom. The summed E-state index contributed by atoms with van der Waals surface area (Å²) < 4.78 is 48.3. The molecule has 0 unspecified atom stereocenters. The largest absolute Gasteiger partial charge is 0.490 e. The maximum atomic E-state index is 13.3. The topological polar surface area (TPSA) is 14.2 Å². The molecule has 0 N–H and O–H groups in total. The summed E-state index contributed by atoms with van der Waals surface area (Å²) in [5.74, 6) is 0.850. The first-order valence-electron chi connectivity index (χ1n) is 12.4. The number of alkyl halides is 3. The first kappa shape index (κ1) is 25.6. The van der Waals surface area contributed by atoms with Gasteiger partial charge in [-0.1, -0.05) is 60.7 Å². The van der Waals surface area contributed by atoms with Crippen molar-refractivity contribution in [2.75, 3.05) is 0 Å². The van der Waals surface area contributed by atoms with E-state index in [4.69, 9.17) is 4.74 Å². The molecule has 0 bridgehead atoms. The number of ether oxygens (including phenoxy) is 1. The monoisotopic (exact) mass is 491 g/mol. The molecule has 0 saturated heterocycles. The normalized spacial score (nSPS) is 12.5. The molecule has 0 amide bonds. The third-order valence-electron chi connectivity index (χ3n) is 6.51. The Labute approximate surface area is 211 Å². The Morgan fingerprint density at radius 1 is 0.750 bits per heavy atom. The van der Waals surface area contributed by atoms with Crippen LogP contribution in [-0.2, 0) is 38.4 Å². The molecule has 4 aromatic rings. The molecule has 1 atom stereocenters. The van der Waals surface area contributed by atoms with E-state index in [0.717, 1.165) is 42.6 Å². The fourth-order valence-corrected chi connectivity index (χ4v) is 4.63. The molecule has 4 rings (SSSR count). The van der Waals surface area contributed by atoms with Gasteiger partial charge in [0, 0.05) is 24.4 Å². The van der Waals surface area contributed by atoms with Gasteiger partial charge in [0.25, 0.3) is 0 Å². The van der Waals surface area contributed by atoms with E-state index in [1.165, 1.54) is 17.2 Å². The van der Waals surface area contributed by atoms with E-state index in [1.807, 2.05) is 49.4 Å². The minimum atomic E-state index is -4.33. The summed E-state index contributed by atoms with van der Waals surface area (Å²) in [6, 6.07) is 28.4. The Morgan fingerprint density at radius 3 is 2.17 bits per heavy atom. The molecule has 0 fully saturated rings. The summed E-state index contributed by atoms with van der Waals surface area (Å²) in [6.45, 7) is 4.89. The van der Waals surface area contributed by atoms with E-state index >= 15 is 0 Å². The molecule has 3 aromatic carbocycles. The first-order chi connectivity index (χ1) is 17.3. The van der Waals surface area contributed by atoms with Gasteiger partial charge in [-0.3, -0.25) is 0 Å². The Bertz CT molecular complexity index is 1240. The van der Waals surface area contributed by atoms with Crippen molar-refractivity contribution in [3.05, 3.63) is 125 Å². The molecule has 188 valence electrons. The number of nitrogens with zero attached hydrogens (tertiary/aromatic N) is 1. The van der Waals surface area contributed by atoms with Gasteiger partial charge < -0.3 is 9.30 Å². The van der Waals surface area contributed by atoms with Crippen LogP contribution >= 0.6 is 0 Å². The highest BCUT2D eigenvalue weighted by molar-refractivity contribution is 5.31. The van der Waals surface area contributed by atoms with Crippen LogP contribution in [0.4, 0.5) is 13.2 Å². The number of aromatic nitrogens is 1. The van der Waals surface area contributed by atoms with E-state index in [9.17, 15) is 13.2 Å². The van der Waals surface area contributed by atoms with Gasteiger partial charge in [-0.05, 0) is 80.1 Å². The Hall–Kier alpha value is -3.47. The molecule has 2 nitrogen and oxygen atoms in total. The molecule has 0 radical (unpaired) electrons. The summed E-state index contributed by atoms with van der Waals surface area (Å²) >= 11 is 0. The smallest absolute Gasteiger partial charge is 0.416 e. The summed E-state index contributed by atoms with van der Waals surface area (Å²) in [6.07, 6.45) is -1.65. The van der Waals surface area contributed by atoms with Crippen LogP contribution in [0.1, 0.15) is 40.6 Å². The van der Waals surface area contributed by atoms with Crippen molar-refractivity contribution in [2.45, 2.75) is 58.4 Å². The molecule has 0 aliphatic rings. The molecule has 1 aromatic heterocycles. The number of halogens is 3. The highest BCUT2D eigenvalue weighted by atomic mass is 19.4. The van der Waals surface area contributed by atoms with Crippen molar-refractivity contribution < 1.29 is 17.9 Å². The molecule has 1 heterocycles. The van der Waals surface area contributed by atoms with Crippen LogP contribution in [0.15, 0.2) is 91.0 Å². The maximum Gasteiger partial charge on any atom is 0.416 e. The van der Waals surface area contributed by atoms with Crippen LogP contribution in [0, 0.1) is 6.92 Å². The average Bonchev–Trinajstić information content (AvgIpc) is 3.21. The van der Waals surface area contributed by atoms with Gasteiger partial charge in [-0.15, -0.1) is 0 Å².